The molecule has 0 heterocycles. The average molecular weight is 248 g/mol. The second-order valence-corrected chi connectivity index (χ2v) is 5.93. The van der Waals surface area contributed by atoms with E-state index in [9.17, 15) is 0 Å². The van der Waals surface area contributed by atoms with Gasteiger partial charge in [0.25, 0.3) is 0 Å². The standard InChI is InChI=1S/C15H18ClN/c1-5-10(2)17-14-13-8-12(16)7-6-11(13)9-15(14,3)4/h1,6-8,10,14,17H,9H2,2-4H3. The van der Waals surface area contributed by atoms with Gasteiger partial charge in [-0.25, -0.2) is 0 Å². The molecule has 1 N–H and O–H groups in total. The molecule has 0 fully saturated rings. The highest BCUT2D eigenvalue weighted by molar-refractivity contribution is 6.30. The maximum absolute atomic E-state index is 6.08. The van der Waals surface area contributed by atoms with E-state index in [-0.39, 0.29) is 17.5 Å². The quantitative estimate of drug-likeness (QED) is 0.788. The van der Waals surface area contributed by atoms with E-state index in [4.69, 9.17) is 18.0 Å². The zero-order chi connectivity index (χ0) is 12.6. The molecule has 90 valence electrons. The second-order valence-electron chi connectivity index (χ2n) is 5.50. The highest BCUT2D eigenvalue weighted by Crippen LogP contribution is 2.45. The Bertz CT molecular complexity index is 470. The van der Waals surface area contributed by atoms with Crippen molar-refractivity contribution in [3.05, 3.63) is 34.3 Å². The SMILES string of the molecule is C#CC(C)NC1c2cc(Cl)ccc2CC1(C)C. The van der Waals surface area contributed by atoms with Crippen LogP contribution in [0.2, 0.25) is 5.02 Å². The number of terminal acetylenes is 1. The fourth-order valence-electron chi connectivity index (χ4n) is 2.62. The number of fused-ring (bicyclic) bond motifs is 1. The number of benzene rings is 1. The molecule has 0 saturated carbocycles. The average Bonchev–Trinajstić information content (AvgIpc) is 2.50. The monoisotopic (exact) mass is 247 g/mol. The molecule has 2 unspecified atom stereocenters. The van der Waals surface area contributed by atoms with Crippen molar-refractivity contribution in [1.29, 1.82) is 0 Å². The van der Waals surface area contributed by atoms with Crippen LogP contribution in [-0.2, 0) is 6.42 Å². The van der Waals surface area contributed by atoms with E-state index in [0.29, 0.717) is 0 Å². The van der Waals surface area contributed by atoms with Gasteiger partial charge in [0.1, 0.15) is 0 Å². The molecule has 1 aliphatic rings. The van der Waals surface area contributed by atoms with Gasteiger partial charge < -0.3 is 0 Å². The highest BCUT2D eigenvalue weighted by atomic mass is 35.5. The third kappa shape index (κ3) is 2.34. The largest absolute Gasteiger partial charge is 0.296 e. The summed E-state index contributed by atoms with van der Waals surface area (Å²) in [6, 6.07) is 6.50. The van der Waals surface area contributed by atoms with E-state index in [1.54, 1.807) is 0 Å². The molecule has 1 aliphatic carbocycles. The van der Waals surface area contributed by atoms with Crippen LogP contribution in [-0.4, -0.2) is 6.04 Å². The van der Waals surface area contributed by atoms with Gasteiger partial charge in [0.05, 0.1) is 6.04 Å². The molecule has 1 aromatic rings. The Morgan fingerprint density at radius 1 is 1.53 bits per heavy atom. The van der Waals surface area contributed by atoms with Crippen LogP contribution in [0.15, 0.2) is 18.2 Å². The Labute approximate surface area is 109 Å². The smallest absolute Gasteiger partial charge is 0.0663 e. The molecule has 0 aromatic heterocycles. The Morgan fingerprint density at radius 2 is 2.24 bits per heavy atom. The van der Waals surface area contributed by atoms with E-state index in [1.807, 2.05) is 13.0 Å². The summed E-state index contributed by atoms with van der Waals surface area (Å²) >= 11 is 6.08. The molecule has 0 amide bonds. The van der Waals surface area contributed by atoms with Gasteiger partial charge >= 0.3 is 0 Å². The van der Waals surface area contributed by atoms with Crippen LogP contribution in [0.1, 0.15) is 37.9 Å². The summed E-state index contributed by atoms with van der Waals surface area (Å²) in [5.41, 5.74) is 2.85. The molecule has 1 nitrogen and oxygen atoms in total. The number of rotatable bonds is 2. The van der Waals surface area contributed by atoms with Crippen molar-refractivity contribution in [3.63, 3.8) is 0 Å². The van der Waals surface area contributed by atoms with Gasteiger partial charge in [-0.15, -0.1) is 6.42 Å². The van der Waals surface area contributed by atoms with Crippen molar-refractivity contribution in [2.75, 3.05) is 0 Å². The molecule has 2 rings (SSSR count). The van der Waals surface area contributed by atoms with Crippen LogP contribution < -0.4 is 5.32 Å². The molecular weight excluding hydrogens is 230 g/mol. The second kappa shape index (κ2) is 4.37. The van der Waals surface area contributed by atoms with E-state index >= 15 is 0 Å². The lowest BCUT2D eigenvalue weighted by atomic mass is 9.85. The molecule has 2 heteroatoms. The van der Waals surface area contributed by atoms with E-state index in [1.165, 1.54) is 11.1 Å². The number of nitrogens with one attached hydrogen (secondary N) is 1. The topological polar surface area (TPSA) is 12.0 Å². The summed E-state index contributed by atoms with van der Waals surface area (Å²) in [7, 11) is 0. The lowest BCUT2D eigenvalue weighted by molar-refractivity contribution is 0.263. The molecular formula is C15H18ClN. The third-order valence-electron chi connectivity index (χ3n) is 3.51. The molecule has 2 atom stereocenters. The first kappa shape index (κ1) is 12.5. The van der Waals surface area contributed by atoms with E-state index in [2.05, 4.69) is 37.2 Å². The fourth-order valence-corrected chi connectivity index (χ4v) is 2.80. The first-order chi connectivity index (χ1) is 7.94. The summed E-state index contributed by atoms with van der Waals surface area (Å²) in [5.74, 6) is 2.73. The maximum Gasteiger partial charge on any atom is 0.0663 e. The fraction of sp³-hybridized carbons (Fsp3) is 0.467. The zero-order valence-corrected chi connectivity index (χ0v) is 11.3. The summed E-state index contributed by atoms with van der Waals surface area (Å²) in [4.78, 5) is 0. The summed E-state index contributed by atoms with van der Waals surface area (Å²) < 4.78 is 0. The van der Waals surface area contributed by atoms with Crippen LogP contribution in [0.5, 0.6) is 0 Å². The Hall–Kier alpha value is -0.970. The van der Waals surface area contributed by atoms with Gasteiger partial charge in [0.15, 0.2) is 0 Å². The highest BCUT2D eigenvalue weighted by Gasteiger charge is 2.39. The van der Waals surface area contributed by atoms with Crippen molar-refractivity contribution < 1.29 is 0 Å². The molecule has 1 aromatic carbocycles. The molecule has 0 spiro atoms. The first-order valence-electron chi connectivity index (χ1n) is 5.94. The minimum Gasteiger partial charge on any atom is -0.296 e. The zero-order valence-electron chi connectivity index (χ0n) is 10.5. The Kier molecular flexibility index (Phi) is 3.21. The summed E-state index contributed by atoms with van der Waals surface area (Å²) in [5, 5.41) is 4.30. The van der Waals surface area contributed by atoms with Gasteiger partial charge in [0.2, 0.25) is 0 Å². The van der Waals surface area contributed by atoms with Gasteiger partial charge in [-0.3, -0.25) is 5.32 Å². The van der Waals surface area contributed by atoms with Crippen LogP contribution in [0.4, 0.5) is 0 Å². The Balaban J connectivity index is 2.37. The van der Waals surface area contributed by atoms with E-state index in [0.717, 1.165) is 11.4 Å². The van der Waals surface area contributed by atoms with Crippen molar-refractivity contribution in [1.82, 2.24) is 5.32 Å². The van der Waals surface area contributed by atoms with Crippen LogP contribution in [0.25, 0.3) is 0 Å². The lowest BCUT2D eigenvalue weighted by Crippen LogP contribution is -2.36. The minimum atomic E-state index is 0.0733. The lowest BCUT2D eigenvalue weighted by Gasteiger charge is -2.30. The minimum absolute atomic E-state index is 0.0733. The van der Waals surface area contributed by atoms with Gasteiger partial charge in [-0.1, -0.05) is 37.4 Å². The molecule has 0 radical (unpaired) electrons. The maximum atomic E-state index is 6.08. The van der Waals surface area contributed by atoms with E-state index < -0.39 is 0 Å². The van der Waals surface area contributed by atoms with Crippen molar-refractivity contribution >= 4 is 11.6 Å². The summed E-state index contributed by atoms with van der Waals surface area (Å²) in [6.45, 7) is 6.54. The molecule has 0 saturated heterocycles. The Morgan fingerprint density at radius 3 is 2.88 bits per heavy atom. The van der Waals surface area contributed by atoms with Gasteiger partial charge in [-0.2, -0.15) is 0 Å². The number of halogens is 1. The normalized spacial score (nSPS) is 22.9. The van der Waals surface area contributed by atoms with Crippen LogP contribution in [0.3, 0.4) is 0 Å². The van der Waals surface area contributed by atoms with Gasteiger partial charge in [-0.05, 0) is 42.0 Å². The molecule has 0 bridgehead atoms. The third-order valence-corrected chi connectivity index (χ3v) is 3.75. The van der Waals surface area contributed by atoms with Crippen molar-refractivity contribution in [2.45, 2.75) is 39.3 Å². The molecule has 17 heavy (non-hydrogen) atoms. The predicted octanol–water partition coefficient (Wildman–Crippen LogP) is 3.57. The van der Waals surface area contributed by atoms with Crippen molar-refractivity contribution in [2.24, 2.45) is 5.41 Å². The predicted molar refractivity (Wildman–Crippen MR) is 73.1 cm³/mol. The van der Waals surface area contributed by atoms with Gasteiger partial charge in [0, 0.05) is 11.1 Å². The van der Waals surface area contributed by atoms with Crippen molar-refractivity contribution in [3.8, 4) is 12.3 Å². The molecule has 0 aliphatic heterocycles. The van der Waals surface area contributed by atoms with Crippen LogP contribution in [0, 0.1) is 17.8 Å². The first-order valence-corrected chi connectivity index (χ1v) is 6.32. The van der Waals surface area contributed by atoms with Crippen LogP contribution >= 0.6 is 11.6 Å². The number of hydrogen-bond acceptors (Lipinski definition) is 1. The number of hydrogen-bond donors (Lipinski definition) is 1. The summed E-state index contributed by atoms with van der Waals surface area (Å²) in [6.07, 6.45) is 6.51.